The zero-order valence-electron chi connectivity index (χ0n) is 16.7. The summed E-state index contributed by atoms with van der Waals surface area (Å²) < 4.78 is 10.6. The molecule has 1 amide bonds. The molecule has 2 aromatic carbocycles. The molecule has 0 saturated carbocycles. The highest BCUT2D eigenvalue weighted by Gasteiger charge is 2.09. The maximum Gasteiger partial charge on any atom is 0.271 e. The topological polar surface area (TPSA) is 85.4 Å². The third-order valence-corrected chi connectivity index (χ3v) is 4.34. The second-order valence-corrected chi connectivity index (χ2v) is 6.47. The molecule has 3 rings (SSSR count). The van der Waals surface area contributed by atoms with E-state index in [4.69, 9.17) is 9.47 Å². The van der Waals surface area contributed by atoms with Gasteiger partial charge in [-0.05, 0) is 48.7 Å². The first-order valence-corrected chi connectivity index (χ1v) is 9.24. The van der Waals surface area contributed by atoms with E-state index in [9.17, 15) is 4.79 Å². The molecule has 7 heteroatoms. The summed E-state index contributed by atoms with van der Waals surface area (Å²) in [7, 11) is 3.24. The number of carbonyl (C=O) groups excluding carboxylic acids is 1. The number of nitrogens with zero attached hydrogens (tertiary/aromatic N) is 2. The van der Waals surface area contributed by atoms with Gasteiger partial charge < -0.3 is 20.1 Å². The van der Waals surface area contributed by atoms with Crippen molar-refractivity contribution in [1.82, 2.24) is 15.3 Å². The van der Waals surface area contributed by atoms with E-state index in [-0.39, 0.29) is 11.6 Å². The molecule has 7 nitrogen and oxygen atoms in total. The van der Waals surface area contributed by atoms with E-state index in [1.165, 1.54) is 12.4 Å². The van der Waals surface area contributed by atoms with Gasteiger partial charge in [0.15, 0.2) is 0 Å². The van der Waals surface area contributed by atoms with Gasteiger partial charge in [-0.15, -0.1) is 0 Å². The Labute approximate surface area is 170 Å². The van der Waals surface area contributed by atoms with Crippen molar-refractivity contribution < 1.29 is 14.3 Å². The summed E-state index contributed by atoms with van der Waals surface area (Å²) in [6, 6.07) is 13.6. The van der Waals surface area contributed by atoms with Crippen LogP contribution in [-0.4, -0.2) is 36.6 Å². The van der Waals surface area contributed by atoms with Gasteiger partial charge in [0.1, 0.15) is 23.0 Å². The standard InChI is InChI=1S/C22H24N4O3/c1-15-7-8-20(29-3)18(11-15)26-21-14-24-19(13-25-21)22(27)23-10-9-16-5-4-6-17(12-16)28-2/h4-8,11-14H,9-10H2,1-3H3,(H,23,27)(H,25,26). The summed E-state index contributed by atoms with van der Waals surface area (Å²) in [6.07, 6.45) is 3.67. The molecule has 0 radical (unpaired) electrons. The summed E-state index contributed by atoms with van der Waals surface area (Å²) >= 11 is 0. The third-order valence-electron chi connectivity index (χ3n) is 4.34. The van der Waals surface area contributed by atoms with E-state index in [0.717, 1.165) is 22.6 Å². The molecule has 3 aromatic rings. The quantitative estimate of drug-likeness (QED) is 0.610. The molecular weight excluding hydrogens is 368 g/mol. The molecule has 0 unspecified atom stereocenters. The van der Waals surface area contributed by atoms with Gasteiger partial charge >= 0.3 is 0 Å². The Balaban J connectivity index is 1.56. The number of rotatable bonds is 8. The monoisotopic (exact) mass is 392 g/mol. The Kier molecular flexibility index (Phi) is 6.63. The number of hydrogen-bond acceptors (Lipinski definition) is 6. The fourth-order valence-corrected chi connectivity index (χ4v) is 2.81. The zero-order valence-corrected chi connectivity index (χ0v) is 16.7. The normalized spacial score (nSPS) is 10.3. The molecule has 0 bridgehead atoms. The first kappa shape index (κ1) is 20.1. The lowest BCUT2D eigenvalue weighted by atomic mass is 10.1. The van der Waals surface area contributed by atoms with Gasteiger partial charge in [0.2, 0.25) is 0 Å². The molecule has 2 N–H and O–H groups in total. The van der Waals surface area contributed by atoms with E-state index in [0.29, 0.717) is 24.5 Å². The van der Waals surface area contributed by atoms with Crippen LogP contribution in [0.1, 0.15) is 21.6 Å². The van der Waals surface area contributed by atoms with Crippen LogP contribution in [0.25, 0.3) is 0 Å². The maximum absolute atomic E-state index is 12.3. The fraction of sp³-hybridized carbons (Fsp3) is 0.227. The largest absolute Gasteiger partial charge is 0.497 e. The number of aryl methyl sites for hydroxylation is 1. The van der Waals surface area contributed by atoms with Crippen molar-refractivity contribution in [3.05, 3.63) is 71.7 Å². The van der Waals surface area contributed by atoms with Gasteiger partial charge in [-0.25, -0.2) is 9.97 Å². The highest BCUT2D eigenvalue weighted by Crippen LogP contribution is 2.27. The van der Waals surface area contributed by atoms with E-state index in [1.54, 1.807) is 14.2 Å². The average Bonchev–Trinajstić information content (AvgIpc) is 2.74. The predicted octanol–water partition coefficient (Wildman–Crippen LogP) is 3.52. The maximum atomic E-state index is 12.3. The number of amides is 1. The first-order valence-electron chi connectivity index (χ1n) is 9.24. The Bertz CT molecular complexity index is 974. The van der Waals surface area contributed by atoms with Crippen LogP contribution in [0.2, 0.25) is 0 Å². The molecule has 0 fully saturated rings. The number of carbonyl (C=O) groups is 1. The lowest BCUT2D eigenvalue weighted by molar-refractivity contribution is 0.0949. The number of methoxy groups -OCH3 is 2. The smallest absolute Gasteiger partial charge is 0.271 e. The van der Waals surface area contributed by atoms with Crippen molar-refractivity contribution >= 4 is 17.4 Å². The van der Waals surface area contributed by atoms with Gasteiger partial charge in [-0.3, -0.25) is 4.79 Å². The van der Waals surface area contributed by atoms with Crippen molar-refractivity contribution in [1.29, 1.82) is 0 Å². The van der Waals surface area contributed by atoms with Crippen LogP contribution in [0.5, 0.6) is 11.5 Å². The zero-order chi connectivity index (χ0) is 20.6. The van der Waals surface area contributed by atoms with Gasteiger partial charge in [0.25, 0.3) is 5.91 Å². The summed E-state index contributed by atoms with van der Waals surface area (Å²) in [5, 5.41) is 6.02. The number of nitrogens with one attached hydrogen (secondary N) is 2. The predicted molar refractivity (Wildman–Crippen MR) is 112 cm³/mol. The van der Waals surface area contributed by atoms with Crippen molar-refractivity contribution in [2.24, 2.45) is 0 Å². The Morgan fingerprint density at radius 1 is 1.03 bits per heavy atom. The first-order chi connectivity index (χ1) is 14.1. The van der Waals surface area contributed by atoms with Gasteiger partial charge in [-0.1, -0.05) is 18.2 Å². The Morgan fingerprint density at radius 2 is 1.90 bits per heavy atom. The van der Waals surface area contributed by atoms with Crippen molar-refractivity contribution in [3.8, 4) is 11.5 Å². The third kappa shape index (κ3) is 5.44. The van der Waals surface area contributed by atoms with Crippen LogP contribution in [0.15, 0.2) is 54.9 Å². The average molecular weight is 392 g/mol. The van der Waals surface area contributed by atoms with E-state index < -0.39 is 0 Å². The van der Waals surface area contributed by atoms with E-state index >= 15 is 0 Å². The molecule has 0 aliphatic carbocycles. The molecule has 0 saturated heterocycles. The lowest BCUT2D eigenvalue weighted by Gasteiger charge is -2.11. The molecule has 0 aliphatic heterocycles. The molecule has 1 aromatic heterocycles. The van der Waals surface area contributed by atoms with Crippen LogP contribution in [0.3, 0.4) is 0 Å². The minimum absolute atomic E-state index is 0.261. The highest BCUT2D eigenvalue weighted by molar-refractivity contribution is 5.92. The van der Waals surface area contributed by atoms with Gasteiger partial charge in [-0.2, -0.15) is 0 Å². The Hall–Kier alpha value is -3.61. The Morgan fingerprint density at radius 3 is 2.62 bits per heavy atom. The molecule has 0 atom stereocenters. The van der Waals surface area contributed by atoms with Gasteiger partial charge in [0, 0.05) is 6.54 Å². The molecular formula is C22H24N4O3. The number of anilines is 2. The lowest BCUT2D eigenvalue weighted by Crippen LogP contribution is -2.26. The second kappa shape index (κ2) is 9.54. The molecule has 150 valence electrons. The summed E-state index contributed by atoms with van der Waals surface area (Å²) in [6.45, 7) is 2.49. The van der Waals surface area contributed by atoms with Crippen molar-refractivity contribution in [2.45, 2.75) is 13.3 Å². The molecule has 1 heterocycles. The molecule has 29 heavy (non-hydrogen) atoms. The fourth-order valence-electron chi connectivity index (χ4n) is 2.81. The van der Waals surface area contributed by atoms with Crippen LogP contribution in [0, 0.1) is 6.92 Å². The summed E-state index contributed by atoms with van der Waals surface area (Å²) in [5.41, 5.74) is 3.23. The van der Waals surface area contributed by atoms with Crippen molar-refractivity contribution in [3.63, 3.8) is 0 Å². The second-order valence-electron chi connectivity index (χ2n) is 6.47. The molecule has 0 aliphatic rings. The SMILES string of the molecule is COc1cccc(CCNC(=O)c2cnc(Nc3cc(C)ccc3OC)cn2)c1. The summed E-state index contributed by atoms with van der Waals surface area (Å²) in [5.74, 6) is 1.77. The summed E-state index contributed by atoms with van der Waals surface area (Å²) in [4.78, 5) is 20.8. The minimum Gasteiger partial charge on any atom is -0.497 e. The number of benzene rings is 2. The van der Waals surface area contributed by atoms with Crippen LogP contribution < -0.4 is 20.1 Å². The van der Waals surface area contributed by atoms with Crippen LogP contribution in [0.4, 0.5) is 11.5 Å². The number of ether oxygens (including phenoxy) is 2. The number of hydrogen-bond donors (Lipinski definition) is 2. The van der Waals surface area contributed by atoms with Gasteiger partial charge in [0.05, 0.1) is 32.3 Å². The minimum atomic E-state index is -0.264. The molecule has 0 spiro atoms. The van der Waals surface area contributed by atoms with E-state index in [1.807, 2.05) is 49.4 Å². The number of aromatic nitrogens is 2. The van der Waals surface area contributed by atoms with Crippen LogP contribution >= 0.6 is 0 Å². The van der Waals surface area contributed by atoms with Crippen molar-refractivity contribution in [2.75, 3.05) is 26.1 Å². The van der Waals surface area contributed by atoms with E-state index in [2.05, 4.69) is 20.6 Å². The van der Waals surface area contributed by atoms with Crippen LogP contribution in [-0.2, 0) is 6.42 Å². The highest BCUT2D eigenvalue weighted by atomic mass is 16.5.